The predicted octanol–water partition coefficient (Wildman–Crippen LogP) is 0.664. The zero-order valence-electron chi connectivity index (χ0n) is 9.06. The molecule has 0 amide bonds. The van der Waals surface area contributed by atoms with Crippen molar-refractivity contribution in [2.45, 2.75) is 6.54 Å². The summed E-state index contributed by atoms with van der Waals surface area (Å²) < 4.78 is 13.0. The number of anilines is 1. The number of aliphatic hydroxyl groups excluding tert-OH is 1. The Kier molecular flexibility index (Phi) is 4.88. The van der Waals surface area contributed by atoms with Crippen LogP contribution in [-0.4, -0.2) is 29.8 Å². The van der Waals surface area contributed by atoms with Gasteiger partial charge in [0.05, 0.1) is 12.8 Å². The molecule has 3 N–H and O–H groups in total. The van der Waals surface area contributed by atoms with Crippen molar-refractivity contribution in [1.29, 1.82) is 0 Å². The van der Waals surface area contributed by atoms with Crippen LogP contribution in [0.3, 0.4) is 0 Å². The first kappa shape index (κ1) is 12.6. The van der Waals surface area contributed by atoms with Crippen molar-refractivity contribution < 1.29 is 9.50 Å². The normalized spacial score (nSPS) is 10.2. The van der Waals surface area contributed by atoms with Gasteiger partial charge in [0, 0.05) is 25.2 Å². The molecule has 1 heterocycles. The molecule has 88 valence electrons. The molecule has 0 aliphatic heterocycles. The number of rotatable bonds is 6. The second-order valence-corrected chi connectivity index (χ2v) is 3.30. The van der Waals surface area contributed by atoms with Crippen LogP contribution in [0.2, 0.25) is 0 Å². The van der Waals surface area contributed by atoms with Gasteiger partial charge < -0.3 is 15.7 Å². The van der Waals surface area contributed by atoms with Crippen LogP contribution in [-0.2, 0) is 6.54 Å². The molecule has 0 spiro atoms. The monoisotopic (exact) mass is 225 g/mol. The Hall–Kier alpha value is -1.46. The highest BCUT2D eigenvalue weighted by Crippen LogP contribution is 2.17. The second-order valence-electron chi connectivity index (χ2n) is 3.30. The number of halogens is 1. The van der Waals surface area contributed by atoms with Crippen molar-refractivity contribution in [3.63, 3.8) is 0 Å². The SMILES string of the molecule is C=CCN(CCO)c1ncc(F)cc1CN. The molecule has 1 aromatic heterocycles. The van der Waals surface area contributed by atoms with E-state index >= 15 is 0 Å². The van der Waals surface area contributed by atoms with Crippen LogP contribution in [0.25, 0.3) is 0 Å². The van der Waals surface area contributed by atoms with E-state index in [4.69, 9.17) is 10.8 Å². The van der Waals surface area contributed by atoms with Gasteiger partial charge in [0.25, 0.3) is 0 Å². The molecule has 0 fully saturated rings. The second kappa shape index (κ2) is 6.19. The van der Waals surface area contributed by atoms with E-state index in [-0.39, 0.29) is 13.2 Å². The number of hydrogen-bond donors (Lipinski definition) is 2. The highest BCUT2D eigenvalue weighted by molar-refractivity contribution is 5.47. The van der Waals surface area contributed by atoms with Gasteiger partial charge in [0.2, 0.25) is 0 Å². The summed E-state index contributed by atoms with van der Waals surface area (Å²) in [5.41, 5.74) is 6.15. The topological polar surface area (TPSA) is 62.4 Å². The summed E-state index contributed by atoms with van der Waals surface area (Å²) >= 11 is 0. The van der Waals surface area contributed by atoms with Gasteiger partial charge >= 0.3 is 0 Å². The van der Waals surface area contributed by atoms with E-state index in [1.54, 1.807) is 11.0 Å². The maximum atomic E-state index is 13.0. The third kappa shape index (κ3) is 3.01. The van der Waals surface area contributed by atoms with Crippen LogP contribution in [0, 0.1) is 5.82 Å². The van der Waals surface area contributed by atoms with Gasteiger partial charge in [-0.25, -0.2) is 9.37 Å². The Morgan fingerprint density at radius 2 is 2.38 bits per heavy atom. The van der Waals surface area contributed by atoms with Crippen LogP contribution in [0.5, 0.6) is 0 Å². The molecule has 0 saturated heterocycles. The minimum atomic E-state index is -0.410. The van der Waals surface area contributed by atoms with Crippen LogP contribution in [0.4, 0.5) is 10.2 Å². The highest BCUT2D eigenvalue weighted by atomic mass is 19.1. The first-order chi connectivity index (χ1) is 7.72. The van der Waals surface area contributed by atoms with Gasteiger partial charge in [-0.15, -0.1) is 6.58 Å². The largest absolute Gasteiger partial charge is 0.395 e. The lowest BCUT2D eigenvalue weighted by Gasteiger charge is -2.23. The molecular formula is C11H16FN3O. The lowest BCUT2D eigenvalue weighted by molar-refractivity contribution is 0.302. The van der Waals surface area contributed by atoms with Crippen molar-refractivity contribution in [2.75, 3.05) is 24.6 Å². The molecule has 5 heteroatoms. The van der Waals surface area contributed by atoms with Crippen molar-refractivity contribution in [3.8, 4) is 0 Å². The number of pyridine rings is 1. The van der Waals surface area contributed by atoms with Crippen LogP contribution >= 0.6 is 0 Å². The van der Waals surface area contributed by atoms with Crippen LogP contribution < -0.4 is 10.6 Å². The summed E-state index contributed by atoms with van der Waals surface area (Å²) in [5.74, 6) is 0.185. The molecule has 0 atom stereocenters. The number of aliphatic hydroxyl groups is 1. The first-order valence-electron chi connectivity index (χ1n) is 5.04. The van der Waals surface area contributed by atoms with Crippen LogP contribution in [0.15, 0.2) is 24.9 Å². The maximum absolute atomic E-state index is 13.0. The molecule has 0 bridgehead atoms. The summed E-state index contributed by atoms with van der Waals surface area (Å²) in [7, 11) is 0. The molecule has 1 aromatic rings. The van der Waals surface area contributed by atoms with Crippen molar-refractivity contribution in [3.05, 3.63) is 36.3 Å². The summed E-state index contributed by atoms with van der Waals surface area (Å²) in [6, 6.07) is 1.36. The van der Waals surface area contributed by atoms with E-state index in [1.165, 1.54) is 6.07 Å². The summed E-state index contributed by atoms with van der Waals surface area (Å²) in [6.45, 7) is 4.78. The number of nitrogens with two attached hydrogens (primary N) is 1. The standard InChI is InChI=1S/C11H16FN3O/c1-2-3-15(4-5-16)11-9(7-13)6-10(12)8-14-11/h2,6,8,16H,1,3-5,7,13H2. The first-order valence-corrected chi connectivity index (χ1v) is 5.04. The van der Waals surface area contributed by atoms with Gasteiger partial charge in [-0.05, 0) is 6.07 Å². The molecule has 0 aromatic carbocycles. The molecule has 0 aliphatic carbocycles. The molecule has 0 saturated carbocycles. The van der Waals surface area contributed by atoms with E-state index < -0.39 is 5.82 Å². The summed E-state index contributed by atoms with van der Waals surface area (Å²) in [4.78, 5) is 5.80. The minimum absolute atomic E-state index is 0.00307. The Morgan fingerprint density at radius 1 is 1.62 bits per heavy atom. The molecule has 16 heavy (non-hydrogen) atoms. The quantitative estimate of drug-likeness (QED) is 0.698. The lowest BCUT2D eigenvalue weighted by atomic mass is 10.2. The number of aromatic nitrogens is 1. The summed E-state index contributed by atoms with van der Waals surface area (Å²) in [6.07, 6.45) is 2.84. The average Bonchev–Trinajstić information content (AvgIpc) is 2.28. The number of hydrogen-bond acceptors (Lipinski definition) is 4. The van der Waals surface area contributed by atoms with Crippen LogP contribution in [0.1, 0.15) is 5.56 Å². The van der Waals surface area contributed by atoms with Gasteiger partial charge in [-0.1, -0.05) is 6.08 Å². The Labute approximate surface area is 94.2 Å². The minimum Gasteiger partial charge on any atom is -0.395 e. The zero-order chi connectivity index (χ0) is 12.0. The smallest absolute Gasteiger partial charge is 0.141 e. The zero-order valence-corrected chi connectivity index (χ0v) is 9.06. The van der Waals surface area contributed by atoms with Gasteiger partial charge in [-0.2, -0.15) is 0 Å². The molecule has 0 aliphatic rings. The molecule has 0 unspecified atom stereocenters. The fourth-order valence-corrected chi connectivity index (χ4v) is 1.47. The Bertz CT molecular complexity index is 357. The fraction of sp³-hybridized carbons (Fsp3) is 0.364. The molecule has 1 rings (SSSR count). The number of nitrogens with zero attached hydrogens (tertiary/aromatic N) is 2. The van der Waals surface area contributed by atoms with E-state index in [2.05, 4.69) is 11.6 Å². The molecule has 4 nitrogen and oxygen atoms in total. The fourth-order valence-electron chi connectivity index (χ4n) is 1.47. The lowest BCUT2D eigenvalue weighted by Crippen LogP contribution is -2.29. The van der Waals surface area contributed by atoms with Gasteiger partial charge in [0.1, 0.15) is 11.6 Å². The highest BCUT2D eigenvalue weighted by Gasteiger charge is 2.11. The van der Waals surface area contributed by atoms with Gasteiger partial charge in [0.15, 0.2) is 0 Å². The van der Waals surface area contributed by atoms with Gasteiger partial charge in [-0.3, -0.25) is 0 Å². The van der Waals surface area contributed by atoms with E-state index in [9.17, 15) is 4.39 Å². The Morgan fingerprint density at radius 3 is 2.94 bits per heavy atom. The van der Waals surface area contributed by atoms with Crippen molar-refractivity contribution in [2.24, 2.45) is 5.73 Å². The predicted molar refractivity (Wildman–Crippen MR) is 61.6 cm³/mol. The Balaban J connectivity index is 3.01. The maximum Gasteiger partial charge on any atom is 0.141 e. The molecular weight excluding hydrogens is 209 g/mol. The van der Waals surface area contributed by atoms with E-state index in [0.29, 0.717) is 24.5 Å². The van der Waals surface area contributed by atoms with Crippen molar-refractivity contribution in [1.82, 2.24) is 4.98 Å². The third-order valence-corrected chi connectivity index (χ3v) is 2.15. The van der Waals surface area contributed by atoms with E-state index in [1.807, 2.05) is 0 Å². The third-order valence-electron chi connectivity index (χ3n) is 2.15. The molecule has 0 radical (unpaired) electrons. The van der Waals surface area contributed by atoms with Crippen molar-refractivity contribution >= 4 is 5.82 Å². The average molecular weight is 225 g/mol. The summed E-state index contributed by atoms with van der Waals surface area (Å²) in [5, 5.41) is 8.93. The van der Waals surface area contributed by atoms with E-state index in [0.717, 1.165) is 6.20 Å².